The second-order valence-corrected chi connectivity index (χ2v) is 5.84. The zero-order valence-corrected chi connectivity index (χ0v) is 15.0. The van der Waals surface area contributed by atoms with Crippen molar-refractivity contribution in [1.29, 1.82) is 0 Å². The van der Waals surface area contributed by atoms with E-state index in [2.05, 4.69) is 9.97 Å². The van der Waals surface area contributed by atoms with Gasteiger partial charge in [0.15, 0.2) is 11.6 Å². The highest BCUT2D eigenvalue weighted by atomic mass is 19.1. The van der Waals surface area contributed by atoms with Gasteiger partial charge in [-0.3, -0.25) is 0 Å². The largest absolute Gasteiger partial charge is 0.493 e. The maximum atomic E-state index is 14.0. The lowest BCUT2D eigenvalue weighted by Gasteiger charge is -2.11. The Labute approximate surface area is 155 Å². The smallest absolute Gasteiger partial charge is 0.177 e. The van der Waals surface area contributed by atoms with Gasteiger partial charge < -0.3 is 15.2 Å². The maximum absolute atomic E-state index is 14.0. The number of nitrogen functional groups attached to an aromatic ring is 1. The summed E-state index contributed by atoms with van der Waals surface area (Å²) < 4.78 is 38.0. The summed E-state index contributed by atoms with van der Waals surface area (Å²) >= 11 is 0. The average molecular weight is 371 g/mol. The lowest BCUT2D eigenvalue weighted by molar-refractivity contribution is 0.339. The quantitative estimate of drug-likeness (QED) is 0.663. The van der Waals surface area contributed by atoms with E-state index in [-0.39, 0.29) is 17.3 Å². The highest BCUT2D eigenvalue weighted by Crippen LogP contribution is 2.31. The van der Waals surface area contributed by atoms with Crippen LogP contribution in [0.5, 0.6) is 11.5 Å². The standard InChI is InChI=1S/C20H19F2N3O2/c1-3-27-19-9-13(21)4-5-15(19)18-10-14(24-11-25-18)6-12-7-16(22)20(26-2)17(23)8-12/h4-5,7-11H,3,6,23H2,1-2H3. The zero-order valence-electron chi connectivity index (χ0n) is 15.0. The van der Waals surface area contributed by atoms with Gasteiger partial charge in [0.25, 0.3) is 0 Å². The summed E-state index contributed by atoms with van der Waals surface area (Å²) in [5.41, 5.74) is 8.60. The molecule has 0 aliphatic heterocycles. The minimum absolute atomic E-state index is 0.0230. The van der Waals surface area contributed by atoms with Crippen LogP contribution in [-0.4, -0.2) is 23.7 Å². The highest BCUT2D eigenvalue weighted by molar-refractivity contribution is 5.67. The first kappa shape index (κ1) is 18.6. The number of anilines is 1. The van der Waals surface area contributed by atoms with E-state index in [0.29, 0.717) is 41.3 Å². The van der Waals surface area contributed by atoms with Crippen LogP contribution < -0.4 is 15.2 Å². The predicted octanol–water partition coefficient (Wildman–Crippen LogP) is 4.00. The molecule has 0 unspecified atom stereocenters. The molecule has 0 aliphatic carbocycles. The number of hydrogen-bond donors (Lipinski definition) is 1. The SMILES string of the molecule is CCOc1cc(F)ccc1-c1cc(Cc2cc(N)c(OC)c(F)c2)ncn1. The molecule has 5 nitrogen and oxygen atoms in total. The molecule has 0 radical (unpaired) electrons. The van der Waals surface area contributed by atoms with Crippen LogP contribution in [0.15, 0.2) is 42.7 Å². The lowest BCUT2D eigenvalue weighted by atomic mass is 10.1. The molecule has 0 saturated carbocycles. The molecule has 3 rings (SSSR count). The molecule has 2 aromatic carbocycles. The van der Waals surface area contributed by atoms with Crippen LogP contribution in [0.2, 0.25) is 0 Å². The van der Waals surface area contributed by atoms with Crippen molar-refractivity contribution in [3.05, 3.63) is 65.6 Å². The number of ether oxygens (including phenoxy) is 2. The molecule has 1 aromatic heterocycles. The van der Waals surface area contributed by atoms with Gasteiger partial charge in [-0.1, -0.05) is 0 Å². The molecule has 2 N–H and O–H groups in total. The Morgan fingerprint density at radius 3 is 2.59 bits per heavy atom. The van der Waals surface area contributed by atoms with Gasteiger partial charge in [0.05, 0.1) is 25.1 Å². The summed E-state index contributed by atoms with van der Waals surface area (Å²) in [6.07, 6.45) is 1.76. The van der Waals surface area contributed by atoms with Gasteiger partial charge in [-0.15, -0.1) is 0 Å². The fourth-order valence-electron chi connectivity index (χ4n) is 2.82. The molecule has 3 aromatic rings. The minimum atomic E-state index is -0.529. The number of nitrogens with two attached hydrogens (primary N) is 1. The van der Waals surface area contributed by atoms with Crippen molar-refractivity contribution >= 4 is 5.69 Å². The van der Waals surface area contributed by atoms with Gasteiger partial charge in [-0.25, -0.2) is 18.7 Å². The number of nitrogens with zero attached hydrogens (tertiary/aromatic N) is 2. The van der Waals surface area contributed by atoms with E-state index in [1.165, 1.54) is 31.6 Å². The van der Waals surface area contributed by atoms with Gasteiger partial charge >= 0.3 is 0 Å². The molecule has 0 bridgehead atoms. The molecule has 7 heteroatoms. The Hall–Kier alpha value is -3.22. The van der Waals surface area contributed by atoms with Gasteiger partial charge in [0.1, 0.15) is 17.9 Å². The monoisotopic (exact) mass is 371 g/mol. The third-order valence-corrected chi connectivity index (χ3v) is 3.96. The van der Waals surface area contributed by atoms with Gasteiger partial charge in [0, 0.05) is 23.7 Å². The molecular formula is C20H19F2N3O2. The third-order valence-electron chi connectivity index (χ3n) is 3.96. The first-order valence-electron chi connectivity index (χ1n) is 8.37. The normalized spacial score (nSPS) is 10.7. The fraction of sp³-hybridized carbons (Fsp3) is 0.200. The van der Waals surface area contributed by atoms with E-state index in [1.807, 2.05) is 6.92 Å². The summed E-state index contributed by atoms with van der Waals surface area (Å²) in [6.45, 7) is 2.22. The average Bonchev–Trinajstić information content (AvgIpc) is 2.62. The van der Waals surface area contributed by atoms with E-state index in [1.54, 1.807) is 18.2 Å². The van der Waals surface area contributed by atoms with Crippen molar-refractivity contribution in [2.75, 3.05) is 19.5 Å². The first-order chi connectivity index (χ1) is 13.0. The van der Waals surface area contributed by atoms with Gasteiger partial charge in [-0.2, -0.15) is 0 Å². The van der Waals surface area contributed by atoms with E-state index in [9.17, 15) is 8.78 Å². The van der Waals surface area contributed by atoms with Crippen molar-refractivity contribution in [3.63, 3.8) is 0 Å². The molecule has 1 heterocycles. The van der Waals surface area contributed by atoms with E-state index in [0.717, 1.165) is 0 Å². The summed E-state index contributed by atoms with van der Waals surface area (Å²) in [4.78, 5) is 8.49. The van der Waals surface area contributed by atoms with Gasteiger partial charge in [0.2, 0.25) is 0 Å². The first-order valence-corrected chi connectivity index (χ1v) is 8.37. The number of benzene rings is 2. The Bertz CT molecular complexity index is 941. The van der Waals surface area contributed by atoms with E-state index < -0.39 is 5.82 Å². The molecule has 0 spiro atoms. The van der Waals surface area contributed by atoms with Crippen LogP contribution in [0, 0.1) is 11.6 Å². The number of hydrogen-bond acceptors (Lipinski definition) is 5. The summed E-state index contributed by atoms with van der Waals surface area (Å²) in [5, 5.41) is 0. The van der Waals surface area contributed by atoms with Crippen molar-refractivity contribution in [1.82, 2.24) is 9.97 Å². The summed E-state index contributed by atoms with van der Waals surface area (Å²) in [6, 6.07) is 9.04. The summed E-state index contributed by atoms with van der Waals surface area (Å²) in [5.74, 6) is -0.490. The molecule has 0 fully saturated rings. The molecular weight excluding hydrogens is 352 g/mol. The fourth-order valence-corrected chi connectivity index (χ4v) is 2.82. The van der Waals surface area contributed by atoms with Crippen molar-refractivity contribution in [3.8, 4) is 22.8 Å². The molecule has 27 heavy (non-hydrogen) atoms. The Balaban J connectivity index is 1.93. The van der Waals surface area contributed by atoms with Crippen LogP contribution in [0.4, 0.5) is 14.5 Å². The predicted molar refractivity (Wildman–Crippen MR) is 98.8 cm³/mol. The van der Waals surface area contributed by atoms with Crippen LogP contribution in [0.25, 0.3) is 11.3 Å². The minimum Gasteiger partial charge on any atom is -0.493 e. The molecule has 0 saturated heterocycles. The van der Waals surface area contributed by atoms with Crippen LogP contribution >= 0.6 is 0 Å². The van der Waals surface area contributed by atoms with Crippen LogP contribution in [0.3, 0.4) is 0 Å². The highest BCUT2D eigenvalue weighted by Gasteiger charge is 2.13. The maximum Gasteiger partial charge on any atom is 0.177 e. The second kappa shape index (κ2) is 7.99. The topological polar surface area (TPSA) is 70.3 Å². The Kier molecular flexibility index (Phi) is 5.49. The number of aromatic nitrogens is 2. The van der Waals surface area contributed by atoms with Crippen molar-refractivity contribution in [2.45, 2.75) is 13.3 Å². The van der Waals surface area contributed by atoms with Crippen molar-refractivity contribution in [2.24, 2.45) is 0 Å². The van der Waals surface area contributed by atoms with E-state index in [4.69, 9.17) is 15.2 Å². The lowest BCUT2D eigenvalue weighted by Crippen LogP contribution is -2.01. The molecule has 0 aliphatic rings. The van der Waals surface area contributed by atoms with Crippen LogP contribution in [-0.2, 0) is 6.42 Å². The second-order valence-electron chi connectivity index (χ2n) is 5.84. The Morgan fingerprint density at radius 1 is 1.07 bits per heavy atom. The summed E-state index contributed by atoms with van der Waals surface area (Å²) in [7, 11) is 1.36. The molecule has 0 amide bonds. The number of halogens is 2. The van der Waals surface area contributed by atoms with E-state index >= 15 is 0 Å². The third kappa shape index (κ3) is 4.13. The number of methoxy groups -OCH3 is 1. The number of rotatable bonds is 6. The van der Waals surface area contributed by atoms with Crippen LogP contribution in [0.1, 0.15) is 18.2 Å². The Morgan fingerprint density at radius 2 is 1.89 bits per heavy atom. The molecule has 0 atom stereocenters. The van der Waals surface area contributed by atoms with Gasteiger partial charge in [-0.05, 0) is 42.8 Å². The van der Waals surface area contributed by atoms with Crippen molar-refractivity contribution < 1.29 is 18.3 Å². The molecule has 140 valence electrons. The zero-order chi connectivity index (χ0) is 19.4.